The molecule has 0 saturated carbocycles. The molecule has 0 aromatic heterocycles. The zero-order chi connectivity index (χ0) is 22.6. The van der Waals surface area contributed by atoms with E-state index in [0.29, 0.717) is 16.9 Å². The lowest BCUT2D eigenvalue weighted by atomic mass is 9.67. The smallest absolute Gasteiger partial charge is 0.338 e. The van der Waals surface area contributed by atoms with Crippen molar-refractivity contribution in [1.29, 1.82) is 5.26 Å². The number of hydrogen-bond acceptors (Lipinski definition) is 6. The summed E-state index contributed by atoms with van der Waals surface area (Å²) in [6, 6.07) is 14.4. The topological polar surface area (TPSA) is 99.7 Å². The molecule has 32 heavy (non-hydrogen) atoms. The predicted molar refractivity (Wildman–Crippen MR) is 113 cm³/mol. The predicted octanol–water partition coefficient (Wildman–Crippen LogP) is 2.07. The number of para-hydroxylation sites is 1. The van der Waals surface area contributed by atoms with Crippen molar-refractivity contribution in [1.82, 2.24) is 0 Å². The Bertz CT molecular complexity index is 1360. The summed E-state index contributed by atoms with van der Waals surface area (Å²) in [5, 5.41) is 10.2. The van der Waals surface area contributed by atoms with E-state index in [0.717, 1.165) is 0 Å². The summed E-state index contributed by atoms with van der Waals surface area (Å²) in [5.74, 6) is 0.545. The Labute approximate surface area is 182 Å². The first-order valence-corrected chi connectivity index (χ1v) is 9.68. The lowest BCUT2D eigenvalue weighted by molar-refractivity contribution is -0.137. The first kappa shape index (κ1) is 19.4. The number of rotatable bonds is 2. The van der Waals surface area contributed by atoms with Crippen LogP contribution in [0.5, 0.6) is 0 Å². The van der Waals surface area contributed by atoms with Gasteiger partial charge >= 0.3 is 5.97 Å². The van der Waals surface area contributed by atoms with Crippen molar-refractivity contribution >= 4 is 23.3 Å². The molecule has 1 atom stereocenters. The van der Waals surface area contributed by atoms with Crippen molar-refractivity contribution in [3.8, 4) is 18.4 Å². The number of ether oxygens (including phenoxy) is 1. The van der Waals surface area contributed by atoms with Crippen LogP contribution in [-0.2, 0) is 19.7 Å². The van der Waals surface area contributed by atoms with E-state index in [2.05, 4.69) is 5.92 Å². The molecule has 7 nitrogen and oxygen atoms in total. The van der Waals surface area contributed by atoms with E-state index in [9.17, 15) is 19.2 Å². The lowest BCUT2D eigenvalue weighted by Crippen LogP contribution is -2.50. The van der Waals surface area contributed by atoms with Crippen LogP contribution in [0.25, 0.3) is 0 Å². The number of benzene rings is 2. The minimum atomic E-state index is -1.79. The van der Waals surface area contributed by atoms with Crippen LogP contribution < -0.4 is 15.5 Å². The van der Waals surface area contributed by atoms with Gasteiger partial charge in [0.15, 0.2) is 0 Å². The highest BCUT2D eigenvalue weighted by Gasteiger charge is 2.63. The monoisotopic (exact) mass is 426 g/mol. The van der Waals surface area contributed by atoms with Crippen LogP contribution in [0, 0.1) is 29.5 Å². The number of terminal acetylenes is 1. The van der Waals surface area contributed by atoms with Crippen molar-refractivity contribution in [2.45, 2.75) is 5.41 Å². The molecule has 3 aliphatic heterocycles. The number of nitriles is 1. The average Bonchev–Trinajstić information content (AvgIpc) is 3.27. The number of esters is 1. The zero-order valence-corrected chi connectivity index (χ0v) is 16.6. The molecule has 0 fully saturated rings. The molecule has 0 bridgehead atoms. The van der Waals surface area contributed by atoms with Gasteiger partial charge in [-0.2, -0.15) is 5.26 Å². The standard InChI is InChI=1S/C24H15FN4O3/c1-2-10-28-18-9-4-3-8-16(18)24(23(28)31)17(12-26)21(27)29(15-7-5-6-14(25)11-15)19-13-32-22(30)20(19)24/h1,3-9,11H,10,13,27H2/t24-/m1/s1. The van der Waals surface area contributed by atoms with E-state index in [1.54, 1.807) is 30.3 Å². The van der Waals surface area contributed by atoms with E-state index < -0.39 is 23.1 Å². The molecule has 0 radical (unpaired) electrons. The summed E-state index contributed by atoms with van der Waals surface area (Å²) in [6.07, 6.45) is 5.49. The van der Waals surface area contributed by atoms with E-state index in [-0.39, 0.29) is 35.8 Å². The maximum Gasteiger partial charge on any atom is 0.338 e. The highest BCUT2D eigenvalue weighted by molar-refractivity contribution is 6.20. The van der Waals surface area contributed by atoms with Crippen LogP contribution in [0.3, 0.4) is 0 Å². The molecular formula is C24H15FN4O3. The van der Waals surface area contributed by atoms with Gasteiger partial charge in [-0.1, -0.05) is 30.2 Å². The number of carbonyl (C=O) groups excluding carboxylic acids is 2. The minimum Gasteiger partial charge on any atom is -0.456 e. The number of anilines is 2. The Balaban J connectivity index is 1.87. The first-order chi connectivity index (χ1) is 15.5. The molecular weight excluding hydrogens is 411 g/mol. The number of halogens is 1. The van der Waals surface area contributed by atoms with Crippen molar-refractivity contribution in [2.75, 3.05) is 23.0 Å². The van der Waals surface area contributed by atoms with Gasteiger partial charge in [-0.15, -0.1) is 6.42 Å². The second-order valence-electron chi connectivity index (χ2n) is 7.45. The molecule has 0 saturated heterocycles. The maximum atomic E-state index is 14.0. The molecule has 0 aliphatic carbocycles. The third-order valence-electron chi connectivity index (χ3n) is 5.94. The highest BCUT2D eigenvalue weighted by Crippen LogP contribution is 2.56. The van der Waals surface area contributed by atoms with Crippen molar-refractivity contribution in [2.24, 2.45) is 5.73 Å². The van der Waals surface area contributed by atoms with Crippen LogP contribution in [0.1, 0.15) is 5.56 Å². The molecule has 3 aliphatic rings. The van der Waals surface area contributed by atoms with Crippen molar-refractivity contribution in [3.63, 3.8) is 0 Å². The number of cyclic esters (lactones) is 1. The van der Waals surface area contributed by atoms with Crippen LogP contribution in [-0.4, -0.2) is 25.0 Å². The number of nitrogens with two attached hydrogens (primary N) is 1. The molecule has 1 amide bonds. The molecule has 2 N–H and O–H groups in total. The summed E-state index contributed by atoms with van der Waals surface area (Å²) >= 11 is 0. The zero-order valence-electron chi connectivity index (χ0n) is 16.6. The van der Waals surface area contributed by atoms with Gasteiger partial charge in [0.05, 0.1) is 29.1 Å². The van der Waals surface area contributed by atoms with Gasteiger partial charge in [-0.05, 0) is 24.3 Å². The molecule has 5 rings (SSSR count). The molecule has 0 unspecified atom stereocenters. The Hall–Kier alpha value is -4.56. The maximum absolute atomic E-state index is 14.0. The van der Waals surface area contributed by atoms with E-state index in [1.807, 2.05) is 6.07 Å². The fourth-order valence-corrected chi connectivity index (χ4v) is 4.75. The van der Waals surface area contributed by atoms with Gasteiger partial charge in [-0.3, -0.25) is 14.6 Å². The lowest BCUT2D eigenvalue weighted by Gasteiger charge is -2.38. The number of hydrogen-bond donors (Lipinski definition) is 1. The van der Waals surface area contributed by atoms with Gasteiger partial charge in [0, 0.05) is 11.3 Å². The largest absolute Gasteiger partial charge is 0.456 e. The molecule has 2 aromatic carbocycles. The molecule has 1 spiro atoms. The van der Waals surface area contributed by atoms with Crippen LogP contribution in [0.4, 0.5) is 15.8 Å². The Morgan fingerprint density at radius 1 is 1.22 bits per heavy atom. The number of carbonyl (C=O) groups is 2. The van der Waals surface area contributed by atoms with Crippen molar-refractivity contribution < 1.29 is 18.7 Å². The van der Waals surface area contributed by atoms with Gasteiger partial charge in [0.2, 0.25) is 5.91 Å². The Morgan fingerprint density at radius 3 is 2.72 bits per heavy atom. The van der Waals surface area contributed by atoms with Gasteiger partial charge in [-0.25, -0.2) is 9.18 Å². The summed E-state index contributed by atoms with van der Waals surface area (Å²) < 4.78 is 19.3. The summed E-state index contributed by atoms with van der Waals surface area (Å²) in [6.45, 7) is -0.238. The second-order valence-corrected chi connectivity index (χ2v) is 7.45. The second kappa shape index (κ2) is 6.73. The summed E-state index contributed by atoms with van der Waals surface area (Å²) in [4.78, 5) is 29.7. The fourth-order valence-electron chi connectivity index (χ4n) is 4.75. The molecule has 3 heterocycles. The highest BCUT2D eigenvalue weighted by atomic mass is 19.1. The third kappa shape index (κ3) is 2.24. The Morgan fingerprint density at radius 2 is 2.00 bits per heavy atom. The number of fused-ring (bicyclic) bond motifs is 3. The molecule has 2 aromatic rings. The number of nitrogens with zero attached hydrogens (tertiary/aromatic N) is 3. The third-order valence-corrected chi connectivity index (χ3v) is 5.94. The number of amides is 1. The van der Waals surface area contributed by atoms with Crippen LogP contribution in [0.2, 0.25) is 0 Å². The fraction of sp³-hybridized carbons (Fsp3) is 0.125. The normalized spacial score (nSPS) is 21.5. The average molecular weight is 426 g/mol. The SMILES string of the molecule is C#CCN1C(=O)[C@@]2(C(C#N)=C(N)N(c3cccc(F)c3)C3=C2C(=O)OC3)c2ccccc21. The van der Waals surface area contributed by atoms with Crippen molar-refractivity contribution in [3.05, 3.63) is 82.6 Å². The van der Waals surface area contributed by atoms with Gasteiger partial charge < -0.3 is 10.5 Å². The quantitative estimate of drug-likeness (QED) is 0.583. The minimum absolute atomic E-state index is 0.00974. The van der Waals surface area contributed by atoms with Gasteiger partial charge in [0.25, 0.3) is 0 Å². The van der Waals surface area contributed by atoms with E-state index in [1.165, 1.54) is 28.0 Å². The van der Waals surface area contributed by atoms with E-state index >= 15 is 0 Å². The van der Waals surface area contributed by atoms with E-state index in [4.69, 9.17) is 16.9 Å². The Kier molecular flexibility index (Phi) is 4.08. The van der Waals surface area contributed by atoms with Gasteiger partial charge in [0.1, 0.15) is 29.7 Å². The van der Waals surface area contributed by atoms with Crippen LogP contribution >= 0.6 is 0 Å². The van der Waals surface area contributed by atoms with Crippen LogP contribution in [0.15, 0.2) is 71.2 Å². The summed E-state index contributed by atoms with van der Waals surface area (Å²) in [7, 11) is 0. The molecule has 8 heteroatoms. The first-order valence-electron chi connectivity index (χ1n) is 9.68. The molecule has 156 valence electrons. The summed E-state index contributed by atoms with van der Waals surface area (Å²) in [5.41, 5.74) is 6.00.